The number of imidazole rings is 1. The van der Waals surface area contributed by atoms with E-state index in [1.54, 1.807) is 0 Å². The molecule has 4 N–H and O–H groups in total. The zero-order chi connectivity index (χ0) is 36.4. The average Bonchev–Trinajstić information content (AvgIpc) is 3.58. The highest BCUT2D eigenvalue weighted by Crippen LogP contribution is 2.53. The van der Waals surface area contributed by atoms with Crippen molar-refractivity contribution in [1.82, 2.24) is 39.3 Å². The number of carbonyl (C=O) groups excluding carboxylic acids is 3. The van der Waals surface area contributed by atoms with Gasteiger partial charge in [-0.1, -0.05) is 11.6 Å². The summed E-state index contributed by atoms with van der Waals surface area (Å²) in [4.78, 5) is 49.3. The van der Waals surface area contributed by atoms with Gasteiger partial charge in [0.25, 0.3) is 17.7 Å². The number of piperidine rings is 1. The molecule has 3 aromatic rings. The monoisotopic (exact) mass is 738 g/mol. The number of rotatable bonds is 9. The van der Waals surface area contributed by atoms with Crippen LogP contribution in [0.5, 0.6) is 0 Å². The van der Waals surface area contributed by atoms with Gasteiger partial charge in [-0.25, -0.2) is 18.6 Å². The molecule has 0 spiro atoms. The van der Waals surface area contributed by atoms with Crippen LogP contribution >= 0.6 is 11.6 Å². The minimum absolute atomic E-state index is 0.0243. The molecule has 274 valence electrons. The van der Waals surface area contributed by atoms with Crippen molar-refractivity contribution in [2.45, 2.75) is 37.0 Å². The molecule has 4 heterocycles. The lowest BCUT2D eigenvalue weighted by Gasteiger charge is -2.37. The zero-order valence-corrected chi connectivity index (χ0v) is 28.2. The summed E-state index contributed by atoms with van der Waals surface area (Å²) in [6.45, 7) is 5.70. The molecule has 4 amide bonds. The number of anilines is 1. The van der Waals surface area contributed by atoms with Crippen molar-refractivity contribution in [2.75, 3.05) is 57.7 Å². The molecule has 0 radical (unpaired) electrons. The van der Waals surface area contributed by atoms with E-state index >= 15 is 0 Å². The van der Waals surface area contributed by atoms with Crippen molar-refractivity contribution >= 4 is 35.1 Å². The number of nitrogens with two attached hydrogens (primary N) is 1. The number of aromatic nitrogens is 4. The maximum atomic E-state index is 13.8. The first-order valence-corrected chi connectivity index (χ1v) is 17.0. The molecule has 19 heteroatoms. The number of nitrogens with one attached hydrogen (secondary N) is 2. The first-order chi connectivity index (χ1) is 24.2. The first-order valence-electron chi connectivity index (χ1n) is 16.6. The number of hydrogen-bond donors (Lipinski definition) is 3. The van der Waals surface area contributed by atoms with Crippen molar-refractivity contribution in [3.8, 4) is 11.3 Å². The third-order valence-electron chi connectivity index (χ3n) is 10.1. The zero-order valence-electron chi connectivity index (χ0n) is 27.5. The Morgan fingerprint density at radius 1 is 1.06 bits per heavy atom. The summed E-state index contributed by atoms with van der Waals surface area (Å²) in [6.07, 6.45) is -2.71. The number of nitrogens with zero attached hydrogens (tertiary/aromatic N) is 7. The van der Waals surface area contributed by atoms with Crippen LogP contribution in [0.15, 0.2) is 30.6 Å². The fourth-order valence-corrected chi connectivity index (χ4v) is 7.34. The van der Waals surface area contributed by atoms with Gasteiger partial charge in [-0.3, -0.25) is 19.2 Å². The van der Waals surface area contributed by atoms with Crippen LogP contribution in [0.2, 0.25) is 5.02 Å². The summed E-state index contributed by atoms with van der Waals surface area (Å²) >= 11 is 6.43. The van der Waals surface area contributed by atoms with E-state index in [9.17, 15) is 36.3 Å². The second-order valence-corrected chi connectivity index (χ2v) is 13.9. The second-order valence-electron chi connectivity index (χ2n) is 13.5. The average molecular weight is 739 g/mol. The molecule has 1 aromatic carbocycles. The molecular weight excluding hydrogens is 703 g/mol. The van der Waals surface area contributed by atoms with E-state index in [4.69, 9.17) is 17.3 Å². The highest BCUT2D eigenvalue weighted by molar-refractivity contribution is 6.34. The molecule has 2 aromatic heterocycles. The third-order valence-corrected chi connectivity index (χ3v) is 10.4. The number of amides is 4. The molecule has 2 saturated heterocycles. The van der Waals surface area contributed by atoms with E-state index < -0.39 is 47.6 Å². The second kappa shape index (κ2) is 13.0. The Balaban J connectivity index is 0.935. The van der Waals surface area contributed by atoms with Gasteiger partial charge in [0.1, 0.15) is 6.04 Å². The Morgan fingerprint density at radius 2 is 1.75 bits per heavy atom. The van der Waals surface area contributed by atoms with Gasteiger partial charge >= 0.3 is 12.2 Å². The molecule has 2 aliphatic heterocycles. The summed E-state index contributed by atoms with van der Waals surface area (Å²) in [5.41, 5.74) is 3.96. The molecule has 4 atom stereocenters. The lowest BCUT2D eigenvalue weighted by molar-refractivity contribution is -0.141. The Hall–Kier alpha value is -4.29. The Bertz CT molecular complexity index is 1840. The van der Waals surface area contributed by atoms with E-state index in [0.717, 1.165) is 43.0 Å². The number of urea groups is 1. The first kappa shape index (κ1) is 35.1. The summed E-state index contributed by atoms with van der Waals surface area (Å²) < 4.78 is 70.2. The number of fused-ring (bicyclic) bond motifs is 1. The number of alkyl halides is 5. The molecule has 7 rings (SSSR count). The largest absolute Gasteiger partial charge is 0.435 e. The summed E-state index contributed by atoms with van der Waals surface area (Å²) in [5.74, 6) is -4.30. The minimum Gasteiger partial charge on any atom is -0.349 e. The van der Waals surface area contributed by atoms with Crippen LogP contribution in [-0.4, -0.2) is 116 Å². The normalized spacial score (nSPS) is 24.0. The fourth-order valence-electron chi connectivity index (χ4n) is 7.07. The van der Waals surface area contributed by atoms with Crippen molar-refractivity contribution in [1.29, 1.82) is 0 Å². The SMILES string of the molecule is Cn1c(-c2cn(C3CC3(F)F)nc2C(F)(F)F)cnc1C(=O)Nc1ccc(C(=O)NC2[C@H]3CN(C(=O)N4CCN(CCCN)CC4)C[C@@H]23)c(Cl)c1. The van der Waals surface area contributed by atoms with Gasteiger partial charge in [0.05, 0.1) is 28.0 Å². The number of hydrogen-bond acceptors (Lipinski definition) is 7. The van der Waals surface area contributed by atoms with Crippen molar-refractivity contribution in [3.63, 3.8) is 0 Å². The Morgan fingerprint density at radius 3 is 2.35 bits per heavy atom. The number of piperazine rings is 1. The topological polar surface area (TPSA) is 147 Å². The van der Waals surface area contributed by atoms with Gasteiger partial charge in [-0.15, -0.1) is 0 Å². The smallest absolute Gasteiger partial charge is 0.349 e. The molecule has 51 heavy (non-hydrogen) atoms. The highest BCUT2D eigenvalue weighted by Gasteiger charge is 2.60. The van der Waals surface area contributed by atoms with Crippen LogP contribution in [-0.2, 0) is 13.2 Å². The standard InChI is InChI=1S/C32H36ClF5N10O3/c1-44-23(21-16-48(24-12-31(24,34)35)43-26(21)32(36,37)38)13-40-27(44)29(50)41-17-3-4-18(22(33)11-17)28(49)42-25-19-14-47(15-20(19)25)30(51)46-9-7-45(8-10-46)6-2-5-39/h3-4,11,13,16,19-20,24-25H,2,5-10,12,14-15,39H2,1H3,(H,41,50)(H,42,49)/t19-,20+,24?,25?. The van der Waals surface area contributed by atoms with Crippen LogP contribution < -0.4 is 16.4 Å². The molecule has 0 bridgehead atoms. The van der Waals surface area contributed by atoms with Crippen molar-refractivity contribution in [2.24, 2.45) is 24.6 Å². The minimum atomic E-state index is -4.94. The lowest BCUT2D eigenvalue weighted by Crippen LogP contribution is -2.53. The molecule has 4 fully saturated rings. The van der Waals surface area contributed by atoms with Crippen molar-refractivity contribution < 1.29 is 36.3 Å². The van der Waals surface area contributed by atoms with E-state index in [-0.39, 0.29) is 51.7 Å². The van der Waals surface area contributed by atoms with Crippen LogP contribution in [0.3, 0.4) is 0 Å². The maximum Gasteiger partial charge on any atom is 0.435 e. The van der Waals surface area contributed by atoms with Crippen molar-refractivity contribution in [3.05, 3.63) is 52.7 Å². The Labute approximate surface area is 293 Å². The predicted octanol–water partition coefficient (Wildman–Crippen LogP) is 3.53. The number of benzene rings is 1. The highest BCUT2D eigenvalue weighted by atomic mass is 35.5. The predicted molar refractivity (Wildman–Crippen MR) is 174 cm³/mol. The van der Waals surface area contributed by atoms with E-state index in [2.05, 4.69) is 25.6 Å². The lowest BCUT2D eigenvalue weighted by atomic mass is 10.2. The van der Waals surface area contributed by atoms with Gasteiger partial charge in [0.15, 0.2) is 11.5 Å². The van der Waals surface area contributed by atoms with Gasteiger partial charge in [-0.05, 0) is 37.7 Å². The number of carbonyl (C=O) groups is 3. The summed E-state index contributed by atoms with van der Waals surface area (Å²) in [5, 5.41) is 9.01. The molecule has 2 saturated carbocycles. The molecule has 4 aliphatic rings. The Kier molecular flexibility index (Phi) is 8.98. The number of likely N-dealkylation sites (tertiary alicyclic amines) is 1. The molecular formula is C32H36ClF5N10O3. The van der Waals surface area contributed by atoms with Crippen LogP contribution in [0.25, 0.3) is 11.3 Å². The van der Waals surface area contributed by atoms with Gasteiger partial charge in [-0.2, -0.15) is 18.3 Å². The molecule has 2 aliphatic carbocycles. The maximum absolute atomic E-state index is 13.8. The van der Waals surface area contributed by atoms with Gasteiger partial charge in [0, 0.05) is 82.5 Å². The third kappa shape index (κ3) is 6.87. The quantitative estimate of drug-likeness (QED) is 0.285. The summed E-state index contributed by atoms with van der Waals surface area (Å²) in [7, 11) is 1.31. The van der Waals surface area contributed by atoms with E-state index in [0.29, 0.717) is 37.4 Å². The van der Waals surface area contributed by atoms with E-state index in [1.807, 2.05) is 9.80 Å². The summed E-state index contributed by atoms with van der Waals surface area (Å²) in [6, 6.07) is 2.71. The fraction of sp³-hybridized carbons (Fsp3) is 0.531. The van der Waals surface area contributed by atoms with Crippen LogP contribution in [0, 0.1) is 11.8 Å². The van der Waals surface area contributed by atoms with Gasteiger partial charge in [0.2, 0.25) is 0 Å². The van der Waals surface area contributed by atoms with Crippen LogP contribution in [0.4, 0.5) is 32.4 Å². The molecule has 13 nitrogen and oxygen atoms in total. The molecule has 2 unspecified atom stereocenters. The number of halogens is 6. The van der Waals surface area contributed by atoms with Gasteiger partial charge < -0.3 is 30.7 Å². The van der Waals surface area contributed by atoms with Crippen LogP contribution in [0.1, 0.15) is 45.6 Å². The van der Waals surface area contributed by atoms with E-state index in [1.165, 1.54) is 25.2 Å².